The van der Waals surface area contributed by atoms with Crippen molar-refractivity contribution in [2.75, 3.05) is 24.3 Å². The Morgan fingerprint density at radius 3 is 2.67 bits per heavy atom. The van der Waals surface area contributed by atoms with Crippen molar-refractivity contribution < 1.29 is 8.42 Å². The van der Waals surface area contributed by atoms with E-state index in [4.69, 9.17) is 5.73 Å². The number of aromatic nitrogens is 2. The minimum Gasteiger partial charge on any atom is -0.399 e. The van der Waals surface area contributed by atoms with Crippen LogP contribution in [0, 0.1) is 0 Å². The number of imidazole rings is 1. The van der Waals surface area contributed by atoms with Crippen LogP contribution in [0.25, 0.3) is 0 Å². The van der Waals surface area contributed by atoms with Crippen molar-refractivity contribution in [1.29, 1.82) is 0 Å². The van der Waals surface area contributed by atoms with Crippen LogP contribution in [0.4, 0.5) is 5.69 Å². The van der Waals surface area contributed by atoms with E-state index in [1.807, 2.05) is 12.1 Å². The Labute approximate surface area is 128 Å². The number of aromatic amines is 1. The van der Waals surface area contributed by atoms with Gasteiger partial charge >= 0.3 is 0 Å². The average molecular weight is 326 g/mol. The Hall–Kier alpha value is -1.51. The molecule has 8 heteroatoms. The number of anilines is 1. The van der Waals surface area contributed by atoms with Crippen LogP contribution in [0.3, 0.4) is 0 Å². The molecule has 0 saturated carbocycles. The Kier molecular flexibility index (Phi) is 5.27. The van der Waals surface area contributed by atoms with Crippen molar-refractivity contribution >= 4 is 27.5 Å². The molecule has 0 unspecified atom stereocenters. The van der Waals surface area contributed by atoms with Crippen LogP contribution in [0.5, 0.6) is 0 Å². The zero-order valence-corrected chi connectivity index (χ0v) is 13.3. The lowest BCUT2D eigenvalue weighted by atomic mass is 10.3. The zero-order valence-electron chi connectivity index (χ0n) is 11.7. The van der Waals surface area contributed by atoms with Crippen LogP contribution in [0.2, 0.25) is 0 Å². The van der Waals surface area contributed by atoms with Crippen LogP contribution >= 0.6 is 11.8 Å². The standard InChI is InChI=1S/C13H18N4O2S2/c1-17(10-13-15-6-7-16-13)21(18,19)9-8-20-12-4-2-11(14)3-5-12/h2-7H,8-10,14H2,1H3,(H,15,16). The monoisotopic (exact) mass is 326 g/mol. The summed E-state index contributed by atoms with van der Waals surface area (Å²) in [5.74, 6) is 1.21. The molecule has 1 heterocycles. The molecule has 0 bridgehead atoms. The van der Waals surface area contributed by atoms with Gasteiger partial charge in [0.15, 0.2) is 0 Å². The maximum absolute atomic E-state index is 12.2. The highest BCUT2D eigenvalue weighted by atomic mass is 32.2. The lowest BCUT2D eigenvalue weighted by molar-refractivity contribution is 0.459. The van der Waals surface area contributed by atoms with Gasteiger partial charge in [-0.3, -0.25) is 0 Å². The van der Waals surface area contributed by atoms with Crippen LogP contribution in [0.1, 0.15) is 5.82 Å². The van der Waals surface area contributed by atoms with Gasteiger partial charge in [0.05, 0.1) is 12.3 Å². The van der Waals surface area contributed by atoms with Gasteiger partial charge in [0.25, 0.3) is 0 Å². The average Bonchev–Trinajstić information content (AvgIpc) is 2.94. The maximum Gasteiger partial charge on any atom is 0.215 e. The summed E-state index contributed by atoms with van der Waals surface area (Å²) < 4.78 is 25.6. The summed E-state index contributed by atoms with van der Waals surface area (Å²) in [4.78, 5) is 7.93. The van der Waals surface area contributed by atoms with E-state index in [0.29, 0.717) is 17.3 Å². The van der Waals surface area contributed by atoms with Crippen LogP contribution < -0.4 is 5.73 Å². The molecule has 2 rings (SSSR count). The summed E-state index contributed by atoms with van der Waals surface area (Å²) in [6.07, 6.45) is 3.28. The fourth-order valence-electron chi connectivity index (χ4n) is 1.68. The molecule has 3 N–H and O–H groups in total. The number of H-pyrrole nitrogens is 1. The molecule has 0 spiro atoms. The lowest BCUT2D eigenvalue weighted by Crippen LogP contribution is -2.30. The van der Waals surface area contributed by atoms with E-state index in [2.05, 4.69) is 9.97 Å². The molecule has 0 atom stereocenters. The number of nitrogens with two attached hydrogens (primary N) is 1. The fourth-order valence-corrected chi connectivity index (χ4v) is 4.05. The molecular weight excluding hydrogens is 308 g/mol. The van der Waals surface area contributed by atoms with Gasteiger partial charge in [-0.1, -0.05) is 0 Å². The fraction of sp³-hybridized carbons (Fsp3) is 0.308. The van der Waals surface area contributed by atoms with Gasteiger partial charge in [0, 0.05) is 35.8 Å². The highest BCUT2D eigenvalue weighted by Gasteiger charge is 2.18. The third-order valence-electron chi connectivity index (χ3n) is 2.89. The third kappa shape index (κ3) is 4.76. The normalized spacial score (nSPS) is 11.9. The SMILES string of the molecule is CN(Cc1ncc[nH]1)S(=O)(=O)CCSc1ccc(N)cc1. The molecule has 0 aliphatic carbocycles. The number of hydrogen-bond acceptors (Lipinski definition) is 5. The second-order valence-electron chi connectivity index (χ2n) is 4.53. The lowest BCUT2D eigenvalue weighted by Gasteiger charge is -2.15. The second kappa shape index (κ2) is 6.97. The minimum atomic E-state index is -3.29. The second-order valence-corrected chi connectivity index (χ2v) is 7.89. The Bertz CT molecular complexity index is 654. The first-order valence-corrected chi connectivity index (χ1v) is 8.97. The zero-order chi connectivity index (χ0) is 15.3. The van der Waals surface area contributed by atoms with E-state index in [0.717, 1.165) is 4.90 Å². The highest BCUT2D eigenvalue weighted by molar-refractivity contribution is 8.00. The number of thioether (sulfide) groups is 1. The summed E-state index contributed by atoms with van der Waals surface area (Å²) >= 11 is 1.50. The molecule has 6 nitrogen and oxygen atoms in total. The molecular formula is C13H18N4O2S2. The summed E-state index contributed by atoms with van der Waals surface area (Å²) in [5.41, 5.74) is 6.31. The highest BCUT2D eigenvalue weighted by Crippen LogP contribution is 2.19. The van der Waals surface area contributed by atoms with Crippen LogP contribution in [0.15, 0.2) is 41.6 Å². The molecule has 0 amide bonds. The molecule has 0 aliphatic heterocycles. The molecule has 114 valence electrons. The smallest absolute Gasteiger partial charge is 0.215 e. The van der Waals surface area contributed by atoms with Crippen LogP contribution in [-0.2, 0) is 16.6 Å². The van der Waals surface area contributed by atoms with Crippen LogP contribution in [-0.4, -0.2) is 41.2 Å². The molecule has 0 fully saturated rings. The van der Waals surface area contributed by atoms with E-state index in [1.165, 1.54) is 16.1 Å². The quantitative estimate of drug-likeness (QED) is 0.595. The molecule has 21 heavy (non-hydrogen) atoms. The van der Waals surface area contributed by atoms with Gasteiger partial charge in [0.2, 0.25) is 10.0 Å². The topological polar surface area (TPSA) is 92.1 Å². The molecule has 0 saturated heterocycles. The van der Waals surface area contributed by atoms with E-state index in [9.17, 15) is 8.42 Å². The van der Waals surface area contributed by atoms with Crippen molar-refractivity contribution in [3.63, 3.8) is 0 Å². The first kappa shape index (κ1) is 15.9. The summed E-state index contributed by atoms with van der Waals surface area (Å²) in [6, 6.07) is 7.39. The van der Waals surface area contributed by atoms with Crippen molar-refractivity contribution in [3.05, 3.63) is 42.5 Å². The van der Waals surface area contributed by atoms with Crippen molar-refractivity contribution in [2.45, 2.75) is 11.4 Å². The first-order chi connectivity index (χ1) is 9.97. The van der Waals surface area contributed by atoms with E-state index in [-0.39, 0.29) is 12.3 Å². The molecule has 0 aliphatic rings. The number of benzene rings is 1. The first-order valence-electron chi connectivity index (χ1n) is 6.38. The van der Waals surface area contributed by atoms with E-state index >= 15 is 0 Å². The molecule has 0 radical (unpaired) electrons. The van der Waals surface area contributed by atoms with E-state index < -0.39 is 10.0 Å². The Morgan fingerprint density at radius 2 is 2.05 bits per heavy atom. The van der Waals surface area contributed by atoms with Crippen molar-refractivity contribution in [2.24, 2.45) is 0 Å². The van der Waals surface area contributed by atoms with Crippen molar-refractivity contribution in [1.82, 2.24) is 14.3 Å². The third-order valence-corrected chi connectivity index (χ3v) is 5.96. The van der Waals surface area contributed by atoms with E-state index in [1.54, 1.807) is 31.6 Å². The molecule has 2 aromatic rings. The number of nitrogens with zero attached hydrogens (tertiary/aromatic N) is 2. The number of sulfonamides is 1. The Morgan fingerprint density at radius 1 is 1.33 bits per heavy atom. The van der Waals surface area contributed by atoms with Gasteiger partial charge in [-0.25, -0.2) is 13.4 Å². The number of nitrogen functional groups attached to an aromatic ring is 1. The maximum atomic E-state index is 12.2. The number of rotatable bonds is 7. The van der Waals surface area contributed by atoms with Gasteiger partial charge in [-0.2, -0.15) is 4.31 Å². The van der Waals surface area contributed by atoms with Gasteiger partial charge in [-0.15, -0.1) is 11.8 Å². The van der Waals surface area contributed by atoms with Gasteiger partial charge in [0.1, 0.15) is 5.82 Å². The van der Waals surface area contributed by atoms with Gasteiger partial charge < -0.3 is 10.7 Å². The van der Waals surface area contributed by atoms with Gasteiger partial charge in [-0.05, 0) is 24.3 Å². The molecule has 1 aromatic carbocycles. The largest absolute Gasteiger partial charge is 0.399 e. The van der Waals surface area contributed by atoms with Crippen molar-refractivity contribution in [3.8, 4) is 0 Å². The summed E-state index contributed by atoms with van der Waals surface area (Å²) in [7, 11) is -1.73. The predicted octanol–water partition coefficient (Wildman–Crippen LogP) is 1.55. The molecule has 1 aromatic heterocycles. The summed E-state index contributed by atoms with van der Waals surface area (Å²) in [5, 5.41) is 0. The minimum absolute atomic E-state index is 0.0826. The summed E-state index contributed by atoms with van der Waals surface area (Å²) in [6.45, 7) is 0.252. The predicted molar refractivity (Wildman–Crippen MR) is 85.4 cm³/mol. The number of nitrogens with one attached hydrogen (secondary N) is 1. The Balaban J connectivity index is 1.84. The number of hydrogen-bond donors (Lipinski definition) is 2.